The van der Waals surface area contributed by atoms with Gasteiger partial charge in [-0.25, -0.2) is 8.42 Å². The molecule has 23 heavy (non-hydrogen) atoms. The standard InChI is InChI=1S/C15H15N3O4S/c19-18(20)13-3-1-4-14(11-13)23(21,22)17-10-2-5-15(17)12-6-8-16-9-7-12/h1,3-4,6-9,11,15H,2,5,10H2. The number of sulfonamides is 1. The highest BCUT2D eigenvalue weighted by atomic mass is 32.2. The molecule has 1 unspecified atom stereocenters. The maximum Gasteiger partial charge on any atom is 0.270 e. The van der Waals surface area contributed by atoms with Crippen molar-refractivity contribution in [2.24, 2.45) is 0 Å². The van der Waals surface area contributed by atoms with E-state index in [9.17, 15) is 18.5 Å². The third kappa shape index (κ3) is 2.95. The number of rotatable bonds is 4. The highest BCUT2D eigenvalue weighted by molar-refractivity contribution is 7.89. The maximum atomic E-state index is 12.9. The SMILES string of the molecule is O=[N+]([O-])c1cccc(S(=O)(=O)N2CCCC2c2ccncc2)c1. The summed E-state index contributed by atoms with van der Waals surface area (Å²) in [5.74, 6) is 0. The normalized spacial score (nSPS) is 18.9. The molecule has 0 N–H and O–H groups in total. The minimum absolute atomic E-state index is 0.0485. The highest BCUT2D eigenvalue weighted by Gasteiger charge is 2.36. The molecule has 0 amide bonds. The number of nitrogens with zero attached hydrogens (tertiary/aromatic N) is 3. The Balaban J connectivity index is 1.99. The van der Waals surface area contributed by atoms with Gasteiger partial charge in [0.1, 0.15) is 0 Å². The number of non-ortho nitro benzene ring substituents is 1. The monoisotopic (exact) mass is 333 g/mol. The zero-order chi connectivity index (χ0) is 16.4. The van der Waals surface area contributed by atoms with Crippen LogP contribution in [-0.2, 0) is 10.0 Å². The van der Waals surface area contributed by atoms with Gasteiger partial charge in [0, 0.05) is 31.1 Å². The van der Waals surface area contributed by atoms with Crippen molar-refractivity contribution in [1.29, 1.82) is 0 Å². The van der Waals surface area contributed by atoms with E-state index >= 15 is 0 Å². The van der Waals surface area contributed by atoms with Crippen molar-refractivity contribution in [3.05, 3.63) is 64.5 Å². The zero-order valence-corrected chi connectivity index (χ0v) is 13.0. The van der Waals surface area contributed by atoms with Crippen LogP contribution >= 0.6 is 0 Å². The first-order valence-corrected chi connectivity index (χ1v) is 8.60. The maximum absolute atomic E-state index is 12.9. The highest BCUT2D eigenvalue weighted by Crippen LogP contribution is 2.36. The first-order valence-electron chi connectivity index (χ1n) is 7.16. The third-order valence-electron chi connectivity index (χ3n) is 3.93. The number of pyridine rings is 1. The van der Waals surface area contributed by atoms with E-state index in [2.05, 4.69) is 4.98 Å². The minimum Gasteiger partial charge on any atom is -0.265 e. The predicted octanol–water partition coefficient (Wildman–Crippen LogP) is 2.52. The van der Waals surface area contributed by atoms with E-state index in [1.54, 1.807) is 24.5 Å². The molecule has 3 rings (SSSR count). The van der Waals surface area contributed by atoms with Gasteiger partial charge in [-0.15, -0.1) is 0 Å². The molecule has 2 aromatic rings. The summed E-state index contributed by atoms with van der Waals surface area (Å²) in [6, 6.07) is 8.51. The summed E-state index contributed by atoms with van der Waals surface area (Å²) in [5, 5.41) is 10.9. The molecule has 2 heterocycles. The summed E-state index contributed by atoms with van der Waals surface area (Å²) >= 11 is 0. The average Bonchev–Trinajstić information content (AvgIpc) is 3.06. The summed E-state index contributed by atoms with van der Waals surface area (Å²) in [5.41, 5.74) is 0.650. The summed E-state index contributed by atoms with van der Waals surface area (Å²) in [6.45, 7) is 0.401. The molecule has 1 aromatic carbocycles. The molecule has 1 aliphatic rings. The van der Waals surface area contributed by atoms with E-state index in [-0.39, 0.29) is 16.6 Å². The lowest BCUT2D eigenvalue weighted by molar-refractivity contribution is -0.385. The number of aromatic nitrogens is 1. The first-order chi connectivity index (χ1) is 11.0. The van der Waals surface area contributed by atoms with Crippen LogP contribution in [0.5, 0.6) is 0 Å². The van der Waals surface area contributed by atoms with Gasteiger partial charge in [0.05, 0.1) is 15.9 Å². The van der Waals surface area contributed by atoms with Crippen molar-refractivity contribution in [2.75, 3.05) is 6.54 Å². The van der Waals surface area contributed by atoms with Crippen molar-refractivity contribution < 1.29 is 13.3 Å². The largest absolute Gasteiger partial charge is 0.270 e. The van der Waals surface area contributed by atoms with E-state index in [4.69, 9.17) is 0 Å². The lowest BCUT2D eigenvalue weighted by Crippen LogP contribution is -2.30. The topological polar surface area (TPSA) is 93.4 Å². The number of hydrogen-bond acceptors (Lipinski definition) is 5. The van der Waals surface area contributed by atoms with Crippen molar-refractivity contribution in [3.63, 3.8) is 0 Å². The van der Waals surface area contributed by atoms with Gasteiger partial charge in [0.25, 0.3) is 5.69 Å². The van der Waals surface area contributed by atoms with Crippen LogP contribution in [0.15, 0.2) is 53.7 Å². The lowest BCUT2D eigenvalue weighted by Gasteiger charge is -2.24. The van der Waals surface area contributed by atoms with Crippen LogP contribution in [0.4, 0.5) is 5.69 Å². The van der Waals surface area contributed by atoms with Crippen LogP contribution in [0.3, 0.4) is 0 Å². The van der Waals surface area contributed by atoms with E-state index in [1.807, 2.05) is 0 Å². The zero-order valence-electron chi connectivity index (χ0n) is 12.2. The van der Waals surface area contributed by atoms with Gasteiger partial charge in [-0.05, 0) is 36.6 Å². The van der Waals surface area contributed by atoms with Gasteiger partial charge >= 0.3 is 0 Å². The smallest absolute Gasteiger partial charge is 0.265 e. The summed E-state index contributed by atoms with van der Waals surface area (Å²) in [4.78, 5) is 14.2. The van der Waals surface area contributed by atoms with E-state index in [0.717, 1.165) is 24.5 Å². The fraction of sp³-hybridized carbons (Fsp3) is 0.267. The van der Waals surface area contributed by atoms with Gasteiger partial charge < -0.3 is 0 Å². The van der Waals surface area contributed by atoms with E-state index < -0.39 is 14.9 Å². The van der Waals surface area contributed by atoms with Crippen LogP contribution in [0.1, 0.15) is 24.4 Å². The fourth-order valence-corrected chi connectivity index (χ4v) is 4.56. The fourth-order valence-electron chi connectivity index (χ4n) is 2.84. The molecule has 1 aliphatic heterocycles. The van der Waals surface area contributed by atoms with Crippen molar-refractivity contribution >= 4 is 15.7 Å². The van der Waals surface area contributed by atoms with Gasteiger partial charge in [0.2, 0.25) is 10.0 Å². The Labute approximate surface area is 133 Å². The third-order valence-corrected chi connectivity index (χ3v) is 5.83. The van der Waals surface area contributed by atoms with E-state index in [1.165, 1.54) is 22.5 Å². The Morgan fingerprint density at radius 1 is 1.22 bits per heavy atom. The first kappa shape index (κ1) is 15.6. The van der Waals surface area contributed by atoms with Crippen molar-refractivity contribution in [1.82, 2.24) is 9.29 Å². The van der Waals surface area contributed by atoms with Crippen LogP contribution in [0, 0.1) is 10.1 Å². The molecule has 0 aliphatic carbocycles. The molecular weight excluding hydrogens is 318 g/mol. The molecule has 1 fully saturated rings. The molecule has 1 atom stereocenters. The van der Waals surface area contributed by atoms with Crippen LogP contribution in [0.25, 0.3) is 0 Å². The van der Waals surface area contributed by atoms with Gasteiger partial charge in [-0.2, -0.15) is 4.31 Å². The Bertz CT molecular complexity index is 824. The van der Waals surface area contributed by atoms with Crippen LogP contribution in [-0.4, -0.2) is 29.2 Å². The Morgan fingerprint density at radius 2 is 1.96 bits per heavy atom. The minimum atomic E-state index is -3.78. The molecule has 0 bridgehead atoms. The second kappa shape index (κ2) is 6.05. The summed E-state index contributed by atoms with van der Waals surface area (Å²) in [6.07, 6.45) is 4.73. The second-order valence-electron chi connectivity index (χ2n) is 5.31. The summed E-state index contributed by atoms with van der Waals surface area (Å²) < 4.78 is 27.2. The quantitative estimate of drug-likeness (QED) is 0.633. The van der Waals surface area contributed by atoms with Gasteiger partial charge in [-0.3, -0.25) is 15.1 Å². The Morgan fingerprint density at radius 3 is 2.65 bits per heavy atom. The van der Waals surface area contributed by atoms with Crippen molar-refractivity contribution in [3.8, 4) is 0 Å². The molecule has 0 saturated carbocycles. The van der Waals surface area contributed by atoms with Crippen LogP contribution in [0.2, 0.25) is 0 Å². The number of benzene rings is 1. The molecular formula is C15H15N3O4S. The number of hydrogen-bond donors (Lipinski definition) is 0. The molecule has 1 saturated heterocycles. The molecule has 0 radical (unpaired) electrons. The predicted molar refractivity (Wildman–Crippen MR) is 83.2 cm³/mol. The van der Waals surface area contributed by atoms with Crippen molar-refractivity contribution in [2.45, 2.75) is 23.8 Å². The van der Waals surface area contributed by atoms with E-state index in [0.29, 0.717) is 6.54 Å². The molecule has 0 spiro atoms. The van der Waals surface area contributed by atoms with Gasteiger partial charge in [0.15, 0.2) is 0 Å². The summed E-state index contributed by atoms with van der Waals surface area (Å²) in [7, 11) is -3.78. The number of nitro groups is 1. The lowest BCUT2D eigenvalue weighted by atomic mass is 10.1. The van der Waals surface area contributed by atoms with Crippen LogP contribution < -0.4 is 0 Å². The number of nitro benzene ring substituents is 1. The Kier molecular flexibility index (Phi) is 4.10. The van der Waals surface area contributed by atoms with Gasteiger partial charge in [-0.1, -0.05) is 6.07 Å². The average molecular weight is 333 g/mol. The molecule has 1 aromatic heterocycles. The molecule has 7 nitrogen and oxygen atoms in total. The molecule has 8 heteroatoms. The Hall–Kier alpha value is -2.32. The second-order valence-corrected chi connectivity index (χ2v) is 7.20. The molecule has 120 valence electrons.